The molecule has 0 radical (unpaired) electrons. The van der Waals surface area contributed by atoms with Crippen LogP contribution in [-0.2, 0) is 14.1 Å². The average Bonchev–Trinajstić information content (AvgIpc) is 1.58. The molecule has 5 nitrogen and oxygen atoms in total. The number of benzene rings is 15. The molecule has 0 N–H and O–H groups in total. The third-order valence-electron chi connectivity index (χ3n) is 19.1. The van der Waals surface area contributed by atoms with Crippen LogP contribution in [0.15, 0.2) is 407 Å². The normalized spacial score (nSPS) is 11.1. The van der Waals surface area contributed by atoms with Crippen LogP contribution >= 0.6 is 0 Å². The zero-order chi connectivity index (χ0) is 80.2. The lowest BCUT2D eigenvalue weighted by atomic mass is 10.1. The molecule has 20 aromatic rings. The SMILES string of the molecule is Cc1ccc2c(c1)c1ccccc1n2-c1ccccc1.Cc1cccc2c1c1ccccc1n2-c1ccccc1.Cc1ccccc1.Cc1ccccc1.Cc1ccccc1.Cc1cn(-c2ccccc2)c2ccccc12.Cc1cn(C)c2ccccc12.Cn1c2ccccc2c2ccccc21.[2H]c1c([2H])c([2H])c(C)c([2H])c1[2H]. The van der Waals surface area contributed by atoms with Crippen molar-refractivity contribution in [2.45, 2.75) is 55.4 Å². The van der Waals surface area contributed by atoms with Gasteiger partial charge in [0, 0.05) is 103 Å². The topological polar surface area (TPSA) is 24.6 Å². The van der Waals surface area contributed by atoms with Crippen molar-refractivity contribution in [1.29, 1.82) is 0 Å². The summed E-state index contributed by atoms with van der Waals surface area (Å²) in [7, 11) is 4.19. The first-order valence-electron chi connectivity index (χ1n) is 39.6. The summed E-state index contributed by atoms with van der Waals surface area (Å²) in [4.78, 5) is 0. The van der Waals surface area contributed by atoms with Gasteiger partial charge >= 0.3 is 0 Å². The third kappa shape index (κ3) is 18.9. The Hall–Kier alpha value is -13.2. The van der Waals surface area contributed by atoms with Gasteiger partial charge in [-0.15, -0.1) is 0 Å². The Morgan fingerprint density at radius 2 is 0.560 bits per heavy atom. The lowest BCUT2D eigenvalue weighted by Crippen LogP contribution is -1.92. The number of aryl methyl sites for hydroxylation is 9. The van der Waals surface area contributed by atoms with Gasteiger partial charge in [-0.25, -0.2) is 0 Å². The highest BCUT2D eigenvalue weighted by atomic mass is 15.0. The molecule has 5 heterocycles. The van der Waals surface area contributed by atoms with Crippen molar-refractivity contribution < 1.29 is 6.85 Å². The number of para-hydroxylation sites is 9. The van der Waals surface area contributed by atoms with E-state index in [9.17, 15) is 0 Å². The Kier molecular flexibility index (Phi) is 23.5. The van der Waals surface area contributed by atoms with E-state index < -0.39 is 0 Å². The van der Waals surface area contributed by atoms with Crippen molar-refractivity contribution in [2.75, 3.05) is 0 Å². The lowest BCUT2D eigenvalue weighted by Gasteiger charge is -2.07. The van der Waals surface area contributed by atoms with Crippen LogP contribution in [-0.4, -0.2) is 22.8 Å². The highest BCUT2D eigenvalue weighted by Crippen LogP contribution is 2.35. The molecule has 0 aliphatic rings. The van der Waals surface area contributed by atoms with Crippen molar-refractivity contribution in [3.05, 3.63) is 451 Å². The fraction of sp³-hybridized carbons (Fsp3) is 0.0962. The zero-order valence-corrected chi connectivity index (χ0v) is 64.0. The smallest absolute Gasteiger partial charge is 0.0625 e. The van der Waals surface area contributed by atoms with E-state index in [1.165, 1.54) is 150 Å². The highest BCUT2D eigenvalue weighted by molar-refractivity contribution is 6.12. The summed E-state index contributed by atoms with van der Waals surface area (Å²) in [6, 6.07) is 126. The van der Waals surface area contributed by atoms with E-state index in [0.29, 0.717) is 5.56 Å². The number of rotatable bonds is 3. The molecule has 0 bridgehead atoms. The molecule has 5 heteroatoms. The second-order valence-electron chi connectivity index (χ2n) is 27.1. The van der Waals surface area contributed by atoms with Crippen molar-refractivity contribution in [3.8, 4) is 17.1 Å². The van der Waals surface area contributed by atoms with Gasteiger partial charge in [-0.2, -0.15) is 0 Å². The van der Waals surface area contributed by atoms with Crippen molar-refractivity contribution in [1.82, 2.24) is 22.8 Å². The van der Waals surface area contributed by atoms with Crippen LogP contribution in [0.3, 0.4) is 0 Å². The molecular weight excluding hydrogens is 1320 g/mol. The second-order valence-corrected chi connectivity index (χ2v) is 27.1. The van der Waals surface area contributed by atoms with Crippen LogP contribution in [0.25, 0.3) is 104 Å². The van der Waals surface area contributed by atoms with E-state index in [2.05, 4.69) is 401 Å². The van der Waals surface area contributed by atoms with Crippen molar-refractivity contribution >= 4 is 87.2 Å². The predicted molar refractivity (Wildman–Crippen MR) is 472 cm³/mol. The zero-order valence-electron chi connectivity index (χ0n) is 69.0. The maximum atomic E-state index is 7.31. The molecule has 0 saturated heterocycles. The third-order valence-corrected chi connectivity index (χ3v) is 19.1. The molecule has 0 aliphatic heterocycles. The molecule has 0 saturated carbocycles. The van der Waals surface area contributed by atoms with Crippen molar-refractivity contribution in [2.24, 2.45) is 14.1 Å². The van der Waals surface area contributed by atoms with Gasteiger partial charge in [0.25, 0.3) is 0 Å². The minimum atomic E-state index is -0.337. The van der Waals surface area contributed by atoms with Crippen LogP contribution in [0.1, 0.15) is 51.4 Å². The molecule has 5 aromatic heterocycles. The number of aromatic nitrogens is 5. The minimum absolute atomic E-state index is 0.124. The molecule has 538 valence electrons. The lowest BCUT2D eigenvalue weighted by molar-refractivity contribution is 0.964. The average molecular weight is 1420 g/mol. The molecule has 20 rings (SSSR count). The minimum Gasteiger partial charge on any atom is -0.350 e. The largest absolute Gasteiger partial charge is 0.350 e. The van der Waals surface area contributed by atoms with Gasteiger partial charge < -0.3 is 22.8 Å². The van der Waals surface area contributed by atoms with Gasteiger partial charge in [0.1, 0.15) is 0 Å². The summed E-state index contributed by atoms with van der Waals surface area (Å²) in [5.74, 6) is 0. The first kappa shape index (κ1) is 68.9. The monoisotopic (exact) mass is 1420 g/mol. The number of fused-ring (bicyclic) bond motifs is 11. The van der Waals surface area contributed by atoms with E-state index in [-0.39, 0.29) is 30.2 Å². The van der Waals surface area contributed by atoms with Crippen molar-refractivity contribution in [3.63, 3.8) is 0 Å². The summed E-state index contributed by atoms with van der Waals surface area (Å²) >= 11 is 0. The number of nitrogens with zero attached hydrogens (tertiary/aromatic N) is 5. The number of hydrogen-bond acceptors (Lipinski definition) is 0. The van der Waals surface area contributed by atoms with Crippen LogP contribution < -0.4 is 0 Å². The van der Waals surface area contributed by atoms with Gasteiger partial charge in [0.05, 0.1) is 34.4 Å². The molecule has 0 atom stereocenters. The van der Waals surface area contributed by atoms with E-state index in [0.717, 1.165) is 0 Å². The first-order chi connectivity index (χ1) is 55.4. The van der Waals surface area contributed by atoms with E-state index >= 15 is 0 Å². The predicted octanol–water partition coefficient (Wildman–Crippen LogP) is 27.9. The van der Waals surface area contributed by atoms with E-state index in [1.54, 1.807) is 0 Å². The number of hydrogen-bond donors (Lipinski definition) is 0. The molecule has 0 fully saturated rings. The Morgan fingerprint density at radius 1 is 0.220 bits per heavy atom. The van der Waals surface area contributed by atoms with Crippen LogP contribution in [0, 0.1) is 55.4 Å². The summed E-state index contributed by atoms with van der Waals surface area (Å²) in [6.45, 7) is 16.4. The Morgan fingerprint density at radius 3 is 1.02 bits per heavy atom. The summed E-state index contributed by atoms with van der Waals surface area (Å²) in [5.41, 5.74) is 23.4. The molecule has 0 spiro atoms. The first-order valence-corrected chi connectivity index (χ1v) is 37.1. The van der Waals surface area contributed by atoms with E-state index in [1.807, 2.05) is 60.7 Å². The van der Waals surface area contributed by atoms with Gasteiger partial charge in [-0.3, -0.25) is 0 Å². The highest BCUT2D eigenvalue weighted by Gasteiger charge is 2.14. The molecule has 0 unspecified atom stereocenters. The van der Waals surface area contributed by atoms with Gasteiger partial charge in [0.2, 0.25) is 0 Å². The van der Waals surface area contributed by atoms with Gasteiger partial charge in [-0.1, -0.05) is 331 Å². The fourth-order valence-corrected chi connectivity index (χ4v) is 13.7. The summed E-state index contributed by atoms with van der Waals surface area (Å²) < 4.78 is 47.6. The standard InChI is InChI=1S/2C19H15N.C15H13N.C13H11N.C10H11N.4C7H8/c1-14-8-7-13-18-19(14)16-11-5-6-12-17(16)20(18)15-9-3-2-4-10-15;1-14-11-12-19-17(13-14)16-9-5-6-10-18(16)20(19)15-7-3-2-4-8-15;1-12-11-16(13-7-3-2-4-8-13)15-10-6-5-9-14(12)15;1-14-12-8-4-2-6-10(12)11-7-3-5-9-13(11)14;1-8-7-11(2)10-6-4-3-5-9(8)10;4*1-7-5-3-2-4-6-7/h2*2-13H,1H3;2-11H,1H3;2-9H,1H3;3-7H,1-2H3;4*2-6H,1H3/i;;;;;2D,3D,4D,5D,6D;;;. The van der Waals surface area contributed by atoms with Crippen LogP contribution in [0.4, 0.5) is 0 Å². The van der Waals surface area contributed by atoms with E-state index in [4.69, 9.17) is 6.85 Å². The molecule has 109 heavy (non-hydrogen) atoms. The molecule has 15 aromatic carbocycles. The molecule has 0 aliphatic carbocycles. The Labute approximate surface area is 650 Å². The Bertz CT molecular complexity index is 6240. The molecular formula is C104H97N5. The maximum Gasteiger partial charge on any atom is 0.0625 e. The maximum absolute atomic E-state index is 7.31. The second kappa shape index (κ2) is 37.2. The van der Waals surface area contributed by atoms with Crippen LogP contribution in [0.5, 0.6) is 0 Å². The quantitative estimate of drug-likeness (QED) is 0.168. The van der Waals surface area contributed by atoms with Gasteiger partial charge in [0.15, 0.2) is 0 Å². The fourth-order valence-electron chi connectivity index (χ4n) is 13.7. The molecule has 0 amide bonds. The summed E-state index contributed by atoms with van der Waals surface area (Å²) in [6.07, 6.45) is 4.35. The Balaban J connectivity index is 0.000000121. The summed E-state index contributed by atoms with van der Waals surface area (Å²) in [5, 5.41) is 10.7. The van der Waals surface area contributed by atoms with Gasteiger partial charge in [-0.05, 0) is 163 Å². The van der Waals surface area contributed by atoms with Crippen LogP contribution in [0.2, 0.25) is 0 Å².